The second-order valence-electron chi connectivity index (χ2n) is 21.3. The van der Waals surface area contributed by atoms with Crippen LogP contribution in [-0.2, 0) is 57.5 Å². The number of rotatable bonds is 16. The summed E-state index contributed by atoms with van der Waals surface area (Å²) in [4.78, 5) is 29.2. The van der Waals surface area contributed by atoms with E-state index in [0.717, 1.165) is 17.7 Å². The molecule has 1 aromatic heterocycles. The maximum Gasteiger partial charge on any atom is 0.311 e. The highest BCUT2D eigenvalue weighted by atomic mass is 16.7. The molecule has 398 valence electrons. The quantitative estimate of drug-likeness (QED) is 0.0795. The summed E-state index contributed by atoms with van der Waals surface area (Å²) in [6, 6.07) is 5.77. The van der Waals surface area contributed by atoms with E-state index in [4.69, 9.17) is 33.2 Å². The van der Waals surface area contributed by atoms with Gasteiger partial charge in [-0.2, -0.15) is 0 Å². The number of aliphatic hydroxyl groups is 4. The molecule has 3 saturated heterocycles. The second kappa shape index (κ2) is 24.6. The predicted octanol–water partition coefficient (Wildman–Crippen LogP) is 4.26. The van der Waals surface area contributed by atoms with Crippen LogP contribution in [0.3, 0.4) is 0 Å². The number of aliphatic hydroxyl groups excluding tert-OH is 2. The van der Waals surface area contributed by atoms with Crippen molar-refractivity contribution in [3.8, 4) is 0 Å². The van der Waals surface area contributed by atoms with Crippen LogP contribution in [0.5, 0.6) is 0 Å². The number of methoxy groups -OCH3 is 1. The van der Waals surface area contributed by atoms with Crippen LogP contribution >= 0.6 is 0 Å². The molecule has 3 aliphatic rings. The fourth-order valence-electron chi connectivity index (χ4n) is 10.7. The predicted molar refractivity (Wildman–Crippen MR) is 258 cm³/mol. The molecule has 5 rings (SSSR count). The maximum atomic E-state index is 14.5. The second-order valence-corrected chi connectivity index (χ2v) is 21.3. The van der Waals surface area contributed by atoms with Gasteiger partial charge in [0, 0.05) is 75.8 Å². The molecular weight excluding hydrogens is 909 g/mol. The lowest BCUT2D eigenvalue weighted by molar-refractivity contribution is -0.384. The van der Waals surface area contributed by atoms with Crippen molar-refractivity contribution in [2.24, 2.45) is 17.8 Å². The summed E-state index contributed by atoms with van der Waals surface area (Å²) in [6.07, 6.45) is -3.47. The first kappa shape index (κ1) is 57.6. The number of hydrogen-bond donors (Lipinski definition) is 4. The first-order chi connectivity index (χ1) is 32.8. The van der Waals surface area contributed by atoms with Gasteiger partial charge in [-0.3, -0.25) is 14.9 Å². The van der Waals surface area contributed by atoms with Gasteiger partial charge in [-0.15, -0.1) is 5.10 Å². The molecule has 0 saturated carbocycles. The largest absolute Gasteiger partial charge is 0.459 e. The highest BCUT2D eigenvalue weighted by Gasteiger charge is 2.52. The van der Waals surface area contributed by atoms with Gasteiger partial charge in [0.1, 0.15) is 23.9 Å². The molecule has 17 atom stereocenters. The number of carbonyl (C=O) groups excluding carboxylic acids is 1. The first-order valence-electron chi connectivity index (χ1n) is 25.1. The van der Waals surface area contributed by atoms with Crippen LogP contribution in [0.25, 0.3) is 0 Å². The summed E-state index contributed by atoms with van der Waals surface area (Å²) in [5.41, 5.74) is -2.67. The molecule has 20 nitrogen and oxygen atoms in total. The van der Waals surface area contributed by atoms with Crippen molar-refractivity contribution in [2.45, 2.75) is 205 Å². The molecule has 4 N–H and O–H groups in total. The molecular formula is C50H84N6O14. The summed E-state index contributed by atoms with van der Waals surface area (Å²) >= 11 is 0. The van der Waals surface area contributed by atoms with Crippen molar-refractivity contribution in [1.82, 2.24) is 24.8 Å². The number of nitrogens with zero attached hydrogens (tertiary/aromatic N) is 6. The van der Waals surface area contributed by atoms with Crippen LogP contribution in [0, 0.1) is 27.9 Å². The monoisotopic (exact) mass is 993 g/mol. The number of cyclic esters (lactones) is 1. The van der Waals surface area contributed by atoms with E-state index >= 15 is 0 Å². The van der Waals surface area contributed by atoms with E-state index in [1.54, 1.807) is 51.4 Å². The molecule has 0 aliphatic carbocycles. The molecule has 2 aromatic rings. The number of likely N-dealkylation sites (N-methyl/N-ethyl adjacent to an activating group) is 2. The van der Waals surface area contributed by atoms with Gasteiger partial charge in [0.2, 0.25) is 0 Å². The third-order valence-corrected chi connectivity index (χ3v) is 15.2. The number of esters is 1. The molecule has 0 radical (unpaired) electrons. The van der Waals surface area contributed by atoms with Gasteiger partial charge in [-0.1, -0.05) is 26.0 Å². The summed E-state index contributed by atoms with van der Waals surface area (Å²) in [7, 11) is 5.44. The van der Waals surface area contributed by atoms with Gasteiger partial charge in [0.15, 0.2) is 12.6 Å². The number of non-ortho nitro benzene ring substituents is 1. The van der Waals surface area contributed by atoms with Crippen LogP contribution in [-0.4, -0.2) is 181 Å². The van der Waals surface area contributed by atoms with Crippen LogP contribution in [0.15, 0.2) is 30.5 Å². The lowest BCUT2D eigenvalue weighted by atomic mass is 9.77. The Balaban J connectivity index is 1.35. The van der Waals surface area contributed by atoms with Crippen LogP contribution in [0.1, 0.15) is 113 Å². The van der Waals surface area contributed by atoms with Gasteiger partial charge in [0.05, 0.1) is 71.9 Å². The minimum Gasteiger partial charge on any atom is -0.459 e. The van der Waals surface area contributed by atoms with Crippen LogP contribution < -0.4 is 0 Å². The third kappa shape index (κ3) is 14.5. The van der Waals surface area contributed by atoms with E-state index in [-0.39, 0.29) is 43.0 Å². The zero-order chi connectivity index (χ0) is 51.9. The smallest absolute Gasteiger partial charge is 0.311 e. The Hall–Kier alpha value is -3.25. The Bertz CT molecular complexity index is 1960. The highest BCUT2D eigenvalue weighted by molar-refractivity contribution is 5.73. The van der Waals surface area contributed by atoms with E-state index < -0.39 is 94.8 Å². The number of hydrogen-bond acceptors (Lipinski definition) is 18. The number of benzene rings is 1. The number of carbonyl (C=O) groups is 1. The van der Waals surface area contributed by atoms with Crippen LogP contribution in [0.2, 0.25) is 0 Å². The van der Waals surface area contributed by atoms with Crippen LogP contribution in [0.4, 0.5) is 5.69 Å². The zero-order valence-electron chi connectivity index (χ0n) is 43.8. The molecule has 3 aliphatic heterocycles. The molecule has 0 unspecified atom stereocenters. The van der Waals surface area contributed by atoms with E-state index in [0.29, 0.717) is 45.7 Å². The number of ether oxygens (including phenoxy) is 7. The lowest BCUT2D eigenvalue weighted by Gasteiger charge is -2.48. The van der Waals surface area contributed by atoms with Crippen molar-refractivity contribution in [3.05, 3.63) is 51.8 Å². The Morgan fingerprint density at radius 3 is 2.30 bits per heavy atom. The standard InChI is InChI=1S/C50H84N6O14/c1-14-40-50(10,61)44(57)34(6)54(12)27-30(2)25-48(8,60)46(32(4)43(33(5)47(59)68-40)69-42-26-49(9,64-13)45(58)35(7)67-42)70-41-24-39(23-31(3)66-41)53(11)20-19-37-28-55(52-51-37)21-22-65-29-36-15-17-38(18-16-36)56(62)63/h15-18,28,30-35,39-46,57-58,60-61H,14,19-27,29H2,1-13H3/t30-,31-,32+,33-,34-,35+,39+,40-,41+,42+,43+,44-,45+,46-,48-,49-,50-/m1/s1. The van der Waals surface area contributed by atoms with Crippen molar-refractivity contribution < 1.29 is 63.3 Å². The average molecular weight is 993 g/mol. The van der Waals surface area contributed by atoms with E-state index in [1.807, 2.05) is 45.8 Å². The number of nitro benzene ring substituents is 1. The topological polar surface area (TPSA) is 243 Å². The summed E-state index contributed by atoms with van der Waals surface area (Å²) < 4.78 is 46.1. The summed E-state index contributed by atoms with van der Waals surface area (Å²) in [5, 5.41) is 67.0. The van der Waals surface area contributed by atoms with Crippen molar-refractivity contribution >= 4 is 11.7 Å². The molecule has 0 amide bonds. The Labute approximate surface area is 414 Å². The minimum absolute atomic E-state index is 0.0332. The molecule has 4 heterocycles. The maximum absolute atomic E-state index is 14.5. The Morgan fingerprint density at radius 1 is 0.971 bits per heavy atom. The number of aromatic nitrogens is 3. The van der Waals surface area contributed by atoms with Gasteiger partial charge in [0.25, 0.3) is 5.69 Å². The minimum atomic E-state index is -1.81. The Kier molecular flexibility index (Phi) is 20.3. The highest BCUT2D eigenvalue weighted by Crippen LogP contribution is 2.40. The number of nitro groups is 1. The average Bonchev–Trinajstić information content (AvgIpc) is 3.77. The van der Waals surface area contributed by atoms with E-state index in [1.165, 1.54) is 26.2 Å². The fourth-order valence-corrected chi connectivity index (χ4v) is 10.7. The normalized spacial score (nSPS) is 38.7. The molecule has 3 fully saturated rings. The lowest BCUT2D eigenvalue weighted by Crippen LogP contribution is -2.59. The summed E-state index contributed by atoms with van der Waals surface area (Å²) in [6.45, 7) is 20.3. The first-order valence-corrected chi connectivity index (χ1v) is 25.1. The molecule has 70 heavy (non-hydrogen) atoms. The van der Waals surface area contributed by atoms with E-state index in [9.17, 15) is 35.3 Å². The van der Waals surface area contributed by atoms with Gasteiger partial charge in [-0.25, -0.2) is 4.68 Å². The van der Waals surface area contributed by atoms with Crippen molar-refractivity contribution in [2.75, 3.05) is 40.9 Å². The molecule has 1 aromatic carbocycles. The van der Waals surface area contributed by atoms with Gasteiger partial charge >= 0.3 is 5.97 Å². The van der Waals surface area contributed by atoms with Gasteiger partial charge < -0.3 is 63.4 Å². The van der Waals surface area contributed by atoms with E-state index in [2.05, 4.69) is 22.3 Å². The van der Waals surface area contributed by atoms with Crippen molar-refractivity contribution in [1.29, 1.82) is 0 Å². The van der Waals surface area contributed by atoms with Gasteiger partial charge in [-0.05, 0) is 105 Å². The third-order valence-electron chi connectivity index (χ3n) is 15.2. The molecule has 20 heteroatoms. The summed E-state index contributed by atoms with van der Waals surface area (Å²) in [5.74, 6) is -2.51. The molecule has 0 bridgehead atoms. The SMILES string of the molecule is CC[C@H]1OC(=O)[C@H](C)[C@@H](O[C@H]2C[C@@](C)(OC)[C@@H](O)[C@H](C)O2)[C@H](C)[C@@H](O[C@H]2C[C@@H](N(C)CCc3cn(CCOCc4ccc([N+](=O)[O-])cc4)nn3)C[C@@H](C)O2)[C@](C)(O)C[C@@H](C)CN(C)[C@H](C)[C@@H](O)[C@]1(C)O. The fraction of sp³-hybridized carbons (Fsp3) is 0.820. The molecule has 0 spiro atoms. The van der Waals surface area contributed by atoms with Crippen molar-refractivity contribution in [3.63, 3.8) is 0 Å². The Morgan fingerprint density at radius 2 is 1.66 bits per heavy atom. The zero-order valence-corrected chi connectivity index (χ0v) is 43.8.